The number of H-pyrrole nitrogens is 1. The molecule has 2 amide bonds. The normalized spacial score (nSPS) is 26.3. The van der Waals surface area contributed by atoms with E-state index in [9.17, 15) is 24.3 Å². The van der Waals surface area contributed by atoms with E-state index >= 15 is 0 Å². The van der Waals surface area contributed by atoms with Crippen LogP contribution in [0, 0.1) is 17.8 Å². The lowest BCUT2D eigenvalue weighted by molar-refractivity contribution is -0.00518. The summed E-state index contributed by atoms with van der Waals surface area (Å²) in [7, 11) is 0. The molecule has 1 saturated heterocycles. The highest BCUT2D eigenvalue weighted by molar-refractivity contribution is 6.26. The smallest absolute Gasteiger partial charge is 0.335 e. The minimum atomic E-state index is -0.891. The molecule has 3 heterocycles. The quantitative estimate of drug-likeness (QED) is 0.244. The maximum Gasteiger partial charge on any atom is 0.335 e. The van der Waals surface area contributed by atoms with Crippen molar-refractivity contribution in [1.29, 1.82) is 0 Å². The SMILES string of the molecule is O=C1c2cccc3c(N4CCOCC4)ccc(c23)C(=O)N1N=Cc1c(O)n(-c2ccc(C34CC5CC(CC(C5)C3)C4)cc2)c(=O)[nH]c1=O. The van der Waals surface area contributed by atoms with E-state index < -0.39 is 28.9 Å². The molecule has 244 valence electrons. The van der Waals surface area contributed by atoms with Gasteiger partial charge in [-0.15, -0.1) is 0 Å². The van der Waals surface area contributed by atoms with Gasteiger partial charge in [0.2, 0.25) is 5.88 Å². The van der Waals surface area contributed by atoms with Gasteiger partial charge < -0.3 is 14.7 Å². The first-order chi connectivity index (χ1) is 23.3. The zero-order valence-corrected chi connectivity index (χ0v) is 26.4. The second-order valence-corrected chi connectivity index (χ2v) is 14.2. The highest BCUT2D eigenvalue weighted by Gasteiger charge is 2.51. The van der Waals surface area contributed by atoms with Crippen molar-refractivity contribution in [3.05, 3.63) is 97.7 Å². The number of carbonyl (C=O) groups is 2. The van der Waals surface area contributed by atoms with E-state index in [0.29, 0.717) is 53.5 Å². The van der Waals surface area contributed by atoms with E-state index in [1.54, 1.807) is 30.3 Å². The molecule has 48 heavy (non-hydrogen) atoms. The fourth-order valence-electron chi connectivity index (χ4n) is 9.69. The van der Waals surface area contributed by atoms with Gasteiger partial charge in [-0.1, -0.05) is 24.3 Å². The van der Waals surface area contributed by atoms with Gasteiger partial charge in [-0.25, -0.2) is 9.36 Å². The van der Waals surface area contributed by atoms with Crippen LogP contribution in [0.25, 0.3) is 16.5 Å². The molecule has 2 aliphatic heterocycles. The zero-order valence-electron chi connectivity index (χ0n) is 26.4. The monoisotopic (exact) mass is 645 g/mol. The van der Waals surface area contributed by atoms with E-state index in [2.05, 4.69) is 15.0 Å². The summed E-state index contributed by atoms with van der Waals surface area (Å²) in [5, 5.41) is 17.4. The van der Waals surface area contributed by atoms with Gasteiger partial charge in [-0.3, -0.25) is 19.4 Å². The van der Waals surface area contributed by atoms with Gasteiger partial charge in [-0.05, 0) is 97.6 Å². The standard InChI is InChI=1S/C37H35N5O6/c43-32-29(20-38-42-34(45)27-3-1-2-26-30(40-10-12-48-13-11-40)9-8-28(31(26)27)35(42)46)33(44)41(36(47)39-32)25-6-4-24(5-7-25)37-17-21-14-22(18-37)16-23(15-21)19-37/h1-9,20-23,44H,10-19H2,(H,39,43,47). The summed E-state index contributed by atoms with van der Waals surface area (Å²) >= 11 is 0. The third-order valence-electron chi connectivity index (χ3n) is 11.4. The number of benzene rings is 3. The van der Waals surface area contributed by atoms with E-state index in [1.807, 2.05) is 24.3 Å². The van der Waals surface area contributed by atoms with Crippen LogP contribution < -0.4 is 16.1 Å². The fourth-order valence-corrected chi connectivity index (χ4v) is 9.69. The molecule has 6 aliphatic rings. The van der Waals surface area contributed by atoms with Gasteiger partial charge in [0.05, 0.1) is 36.2 Å². The summed E-state index contributed by atoms with van der Waals surface area (Å²) in [5.74, 6) is 0.421. The van der Waals surface area contributed by atoms with Crippen molar-refractivity contribution in [3.63, 3.8) is 0 Å². The number of anilines is 1. The molecule has 5 fully saturated rings. The molecule has 2 N–H and O–H groups in total. The summed E-state index contributed by atoms with van der Waals surface area (Å²) < 4.78 is 6.50. The molecule has 0 radical (unpaired) electrons. The van der Waals surface area contributed by atoms with Gasteiger partial charge in [-0.2, -0.15) is 10.1 Å². The molecule has 0 atom stereocenters. The number of aromatic hydroxyl groups is 1. The predicted molar refractivity (Wildman–Crippen MR) is 179 cm³/mol. The Balaban J connectivity index is 1.03. The Morgan fingerprint density at radius 1 is 0.833 bits per heavy atom. The Bertz CT molecular complexity index is 2100. The molecule has 4 bridgehead atoms. The highest BCUT2D eigenvalue weighted by Crippen LogP contribution is 2.60. The topological polar surface area (TPSA) is 137 Å². The Morgan fingerprint density at radius 3 is 2.15 bits per heavy atom. The van der Waals surface area contributed by atoms with Gasteiger partial charge >= 0.3 is 5.69 Å². The first-order valence-corrected chi connectivity index (χ1v) is 16.8. The fraction of sp³-hybridized carbons (Fsp3) is 0.378. The van der Waals surface area contributed by atoms with Crippen LogP contribution in [0.4, 0.5) is 5.69 Å². The van der Waals surface area contributed by atoms with Crippen molar-refractivity contribution in [2.45, 2.75) is 43.9 Å². The van der Waals surface area contributed by atoms with Gasteiger partial charge in [0, 0.05) is 29.5 Å². The van der Waals surface area contributed by atoms with Crippen molar-refractivity contribution >= 4 is 34.5 Å². The number of morpholine rings is 1. The van der Waals surface area contributed by atoms with Crippen molar-refractivity contribution in [2.75, 3.05) is 31.2 Å². The molecule has 1 aromatic heterocycles. The summed E-state index contributed by atoms with van der Waals surface area (Å²) in [6.45, 7) is 2.58. The molecule has 3 aromatic carbocycles. The Hall–Kier alpha value is -5.03. The number of nitrogens with one attached hydrogen (secondary N) is 1. The number of nitrogens with zero attached hydrogens (tertiary/aromatic N) is 4. The van der Waals surface area contributed by atoms with Gasteiger partial charge in [0.25, 0.3) is 17.4 Å². The number of carbonyl (C=O) groups excluding carboxylic acids is 2. The average molecular weight is 646 g/mol. The second kappa shape index (κ2) is 10.7. The number of imide groups is 1. The number of hydrogen-bond acceptors (Lipinski definition) is 8. The maximum atomic E-state index is 13.6. The molecule has 0 spiro atoms. The van der Waals surface area contributed by atoms with Crippen molar-refractivity contribution in [2.24, 2.45) is 22.9 Å². The van der Waals surface area contributed by atoms with Gasteiger partial charge in [0.1, 0.15) is 5.56 Å². The third-order valence-corrected chi connectivity index (χ3v) is 11.4. The number of hydrazone groups is 1. The van der Waals surface area contributed by atoms with Crippen LogP contribution in [-0.4, -0.2) is 64.0 Å². The second-order valence-electron chi connectivity index (χ2n) is 14.2. The van der Waals surface area contributed by atoms with E-state index in [-0.39, 0.29) is 11.0 Å². The van der Waals surface area contributed by atoms with Crippen molar-refractivity contribution in [3.8, 4) is 11.6 Å². The third kappa shape index (κ3) is 4.40. The number of aromatic nitrogens is 2. The number of rotatable bonds is 5. The molecule has 4 saturated carbocycles. The minimum absolute atomic E-state index is 0.170. The van der Waals surface area contributed by atoms with E-state index in [4.69, 9.17) is 4.74 Å². The summed E-state index contributed by atoms with van der Waals surface area (Å²) in [4.78, 5) is 57.6. The molecule has 4 aromatic rings. The first-order valence-electron chi connectivity index (χ1n) is 16.8. The molecular formula is C37H35N5O6. The predicted octanol–water partition coefficient (Wildman–Crippen LogP) is 4.32. The molecular weight excluding hydrogens is 610 g/mol. The van der Waals surface area contributed by atoms with Crippen LogP contribution in [0.1, 0.15) is 70.4 Å². The van der Waals surface area contributed by atoms with E-state index in [0.717, 1.165) is 39.6 Å². The van der Waals surface area contributed by atoms with Crippen molar-refractivity contribution < 1.29 is 19.4 Å². The number of amides is 2. The Labute approximate surface area is 275 Å². The van der Waals surface area contributed by atoms with Crippen LogP contribution in [0.2, 0.25) is 0 Å². The molecule has 0 unspecified atom stereocenters. The lowest BCUT2D eigenvalue weighted by Crippen LogP contribution is -2.48. The van der Waals surface area contributed by atoms with Gasteiger partial charge in [0.15, 0.2) is 0 Å². The number of aromatic amines is 1. The molecule has 10 rings (SSSR count). The van der Waals surface area contributed by atoms with E-state index in [1.165, 1.54) is 44.1 Å². The van der Waals surface area contributed by atoms with Crippen LogP contribution in [0.5, 0.6) is 5.88 Å². The lowest BCUT2D eigenvalue weighted by atomic mass is 9.48. The summed E-state index contributed by atoms with van der Waals surface area (Å²) in [5.41, 5.74) is 1.29. The zero-order chi connectivity index (χ0) is 32.7. The lowest BCUT2D eigenvalue weighted by Gasteiger charge is -2.57. The highest BCUT2D eigenvalue weighted by atomic mass is 16.5. The number of hydrogen-bond donors (Lipinski definition) is 2. The Morgan fingerprint density at radius 2 is 1.48 bits per heavy atom. The van der Waals surface area contributed by atoms with Crippen molar-refractivity contribution in [1.82, 2.24) is 14.6 Å². The summed E-state index contributed by atoms with van der Waals surface area (Å²) in [6, 6.07) is 16.5. The minimum Gasteiger partial charge on any atom is -0.493 e. The van der Waals surface area contributed by atoms with Crippen LogP contribution in [0.15, 0.2) is 69.3 Å². The Kier molecular flexibility index (Phi) is 6.52. The van der Waals surface area contributed by atoms with Crippen LogP contribution in [-0.2, 0) is 10.2 Å². The van der Waals surface area contributed by atoms with Crippen LogP contribution >= 0.6 is 0 Å². The number of ether oxygens (including phenoxy) is 1. The summed E-state index contributed by atoms with van der Waals surface area (Å²) in [6.07, 6.45) is 8.58. The molecule has 11 heteroatoms. The maximum absolute atomic E-state index is 13.6. The van der Waals surface area contributed by atoms with Crippen LogP contribution in [0.3, 0.4) is 0 Å². The molecule has 11 nitrogen and oxygen atoms in total. The average Bonchev–Trinajstić information content (AvgIpc) is 3.08. The largest absolute Gasteiger partial charge is 0.493 e. The molecule has 4 aliphatic carbocycles. The first kappa shape index (κ1) is 29.1.